The molecule has 2 atom stereocenters. The number of carbonyl (C=O) groups excluding carboxylic acids is 1. The van der Waals surface area contributed by atoms with E-state index in [0.717, 1.165) is 5.75 Å². The first kappa shape index (κ1) is 11.7. The predicted octanol–water partition coefficient (Wildman–Crippen LogP) is 1.91. The molecular formula is C8H14N2O2S2. The van der Waals surface area contributed by atoms with E-state index in [4.69, 9.17) is 0 Å². The molecule has 1 aliphatic rings. The largest absolute Gasteiger partial charge is 0.433 e. The van der Waals surface area contributed by atoms with E-state index in [0.29, 0.717) is 5.25 Å². The molecule has 1 rings (SSSR count). The van der Waals surface area contributed by atoms with Crippen molar-refractivity contribution in [2.45, 2.75) is 23.2 Å². The van der Waals surface area contributed by atoms with E-state index in [1.54, 1.807) is 6.21 Å². The zero-order valence-electron chi connectivity index (χ0n) is 8.44. The summed E-state index contributed by atoms with van der Waals surface area (Å²) in [5, 5.41) is 6.60. The van der Waals surface area contributed by atoms with Gasteiger partial charge in [0.1, 0.15) is 0 Å². The van der Waals surface area contributed by atoms with Crippen LogP contribution >= 0.6 is 23.5 Å². The summed E-state index contributed by atoms with van der Waals surface area (Å²) in [6.45, 7) is 4.25. The Balaban J connectivity index is 2.39. The number of oxime groups is 1. The lowest BCUT2D eigenvalue weighted by molar-refractivity contribution is 0.153. The summed E-state index contributed by atoms with van der Waals surface area (Å²) < 4.78 is -0.0621. The van der Waals surface area contributed by atoms with Gasteiger partial charge < -0.3 is 5.32 Å². The third-order valence-electron chi connectivity index (χ3n) is 1.67. The molecule has 0 aliphatic carbocycles. The SMILES string of the molecule is CNC(=O)O/N=C/C1(C)SCC(C)S1. The maximum atomic E-state index is 10.7. The molecule has 0 saturated carbocycles. The highest BCUT2D eigenvalue weighted by molar-refractivity contribution is 8.22. The molecule has 1 N–H and O–H groups in total. The monoisotopic (exact) mass is 234 g/mol. The van der Waals surface area contributed by atoms with Gasteiger partial charge in [0, 0.05) is 18.1 Å². The van der Waals surface area contributed by atoms with Gasteiger partial charge in [-0.25, -0.2) is 4.79 Å². The highest BCUT2D eigenvalue weighted by Crippen LogP contribution is 2.46. The van der Waals surface area contributed by atoms with Gasteiger partial charge in [-0.05, 0) is 6.92 Å². The molecule has 1 aliphatic heterocycles. The van der Waals surface area contributed by atoms with Crippen LogP contribution in [0.5, 0.6) is 0 Å². The van der Waals surface area contributed by atoms with Crippen LogP contribution < -0.4 is 5.32 Å². The third-order valence-corrected chi connectivity index (χ3v) is 5.01. The third kappa shape index (κ3) is 3.42. The van der Waals surface area contributed by atoms with Crippen LogP contribution in [0, 0.1) is 0 Å². The van der Waals surface area contributed by atoms with Crippen molar-refractivity contribution in [2.75, 3.05) is 12.8 Å². The summed E-state index contributed by atoms with van der Waals surface area (Å²) in [5.74, 6) is 1.10. The molecule has 0 aromatic rings. The van der Waals surface area contributed by atoms with Gasteiger partial charge in [-0.2, -0.15) is 0 Å². The first-order chi connectivity index (χ1) is 6.56. The normalized spacial score (nSPS) is 32.1. The highest BCUT2D eigenvalue weighted by atomic mass is 32.2. The van der Waals surface area contributed by atoms with Crippen LogP contribution in [0.25, 0.3) is 0 Å². The molecule has 1 heterocycles. The van der Waals surface area contributed by atoms with Gasteiger partial charge in [0.15, 0.2) is 0 Å². The van der Waals surface area contributed by atoms with Crippen LogP contribution in [0.1, 0.15) is 13.8 Å². The summed E-state index contributed by atoms with van der Waals surface area (Å²) in [7, 11) is 1.50. The van der Waals surface area contributed by atoms with Crippen LogP contribution in [0.15, 0.2) is 5.16 Å². The minimum atomic E-state index is -0.536. The van der Waals surface area contributed by atoms with E-state index < -0.39 is 6.09 Å². The van der Waals surface area contributed by atoms with Crippen molar-refractivity contribution in [3.63, 3.8) is 0 Å². The Morgan fingerprint density at radius 2 is 2.50 bits per heavy atom. The second kappa shape index (κ2) is 4.93. The van der Waals surface area contributed by atoms with Crippen LogP contribution in [-0.2, 0) is 4.84 Å². The van der Waals surface area contributed by atoms with Crippen molar-refractivity contribution in [3.05, 3.63) is 0 Å². The number of hydrogen-bond acceptors (Lipinski definition) is 5. The van der Waals surface area contributed by atoms with E-state index in [1.165, 1.54) is 7.05 Å². The fourth-order valence-electron chi connectivity index (χ4n) is 1.03. The van der Waals surface area contributed by atoms with E-state index in [2.05, 4.69) is 29.2 Å². The quantitative estimate of drug-likeness (QED) is 0.450. The number of nitrogens with one attached hydrogen (secondary N) is 1. The summed E-state index contributed by atoms with van der Waals surface area (Å²) in [4.78, 5) is 15.2. The average Bonchev–Trinajstić information content (AvgIpc) is 2.46. The second-order valence-electron chi connectivity index (χ2n) is 3.12. The van der Waals surface area contributed by atoms with Crippen molar-refractivity contribution < 1.29 is 9.63 Å². The van der Waals surface area contributed by atoms with Gasteiger partial charge in [0.05, 0.1) is 10.3 Å². The van der Waals surface area contributed by atoms with Crippen LogP contribution in [0.4, 0.5) is 4.79 Å². The lowest BCUT2D eigenvalue weighted by Gasteiger charge is -2.14. The van der Waals surface area contributed by atoms with Crippen molar-refractivity contribution in [1.29, 1.82) is 0 Å². The van der Waals surface area contributed by atoms with Gasteiger partial charge in [0.25, 0.3) is 0 Å². The Hall–Kier alpha value is -0.360. The molecular weight excluding hydrogens is 220 g/mol. The van der Waals surface area contributed by atoms with Gasteiger partial charge >= 0.3 is 6.09 Å². The van der Waals surface area contributed by atoms with Crippen LogP contribution in [-0.4, -0.2) is 34.4 Å². The molecule has 6 heteroatoms. The van der Waals surface area contributed by atoms with Gasteiger partial charge in [-0.3, -0.25) is 4.84 Å². The molecule has 0 aromatic heterocycles. The van der Waals surface area contributed by atoms with Crippen molar-refractivity contribution in [2.24, 2.45) is 5.16 Å². The number of nitrogens with zero attached hydrogens (tertiary/aromatic N) is 1. The molecule has 2 unspecified atom stereocenters. The molecule has 1 fully saturated rings. The molecule has 0 bridgehead atoms. The zero-order chi connectivity index (χ0) is 10.6. The Labute approximate surface area is 92.2 Å². The van der Waals surface area contributed by atoms with Crippen LogP contribution in [0.3, 0.4) is 0 Å². The predicted molar refractivity (Wildman–Crippen MR) is 61.9 cm³/mol. The van der Waals surface area contributed by atoms with Crippen molar-refractivity contribution in [3.8, 4) is 0 Å². The molecule has 0 spiro atoms. The number of hydrogen-bond donors (Lipinski definition) is 1. The minimum Gasteiger partial charge on any atom is -0.323 e. The molecule has 1 amide bonds. The Morgan fingerprint density at radius 1 is 1.79 bits per heavy atom. The molecule has 14 heavy (non-hydrogen) atoms. The van der Waals surface area contributed by atoms with E-state index in [-0.39, 0.29) is 4.08 Å². The number of thioether (sulfide) groups is 2. The first-order valence-corrected chi connectivity index (χ1v) is 6.17. The number of amides is 1. The molecule has 0 radical (unpaired) electrons. The molecule has 4 nitrogen and oxygen atoms in total. The Kier molecular flexibility index (Phi) is 4.12. The maximum absolute atomic E-state index is 10.7. The van der Waals surface area contributed by atoms with Crippen molar-refractivity contribution >= 4 is 35.8 Å². The fraction of sp³-hybridized carbons (Fsp3) is 0.750. The smallest absolute Gasteiger partial charge is 0.323 e. The Bertz CT molecular complexity index is 247. The zero-order valence-corrected chi connectivity index (χ0v) is 10.1. The summed E-state index contributed by atoms with van der Waals surface area (Å²) in [5.41, 5.74) is 0. The molecule has 80 valence electrons. The maximum Gasteiger partial charge on any atom is 0.433 e. The van der Waals surface area contributed by atoms with Gasteiger partial charge in [-0.1, -0.05) is 12.1 Å². The van der Waals surface area contributed by atoms with Crippen molar-refractivity contribution in [1.82, 2.24) is 5.32 Å². The standard InChI is InChI=1S/C8H14N2O2S2/c1-6-4-13-8(2,14-6)5-10-12-7(11)9-3/h5-6H,4H2,1-3H3,(H,9,11)/b10-5+. The topological polar surface area (TPSA) is 50.7 Å². The lowest BCUT2D eigenvalue weighted by atomic mass is 10.5. The summed E-state index contributed by atoms with van der Waals surface area (Å²) >= 11 is 3.64. The summed E-state index contributed by atoms with van der Waals surface area (Å²) in [6.07, 6.45) is 1.15. The molecule has 0 aromatic carbocycles. The highest BCUT2D eigenvalue weighted by Gasteiger charge is 2.33. The first-order valence-electron chi connectivity index (χ1n) is 4.31. The second-order valence-corrected chi connectivity index (χ2v) is 6.74. The van der Waals surface area contributed by atoms with Gasteiger partial charge in [-0.15, -0.1) is 23.5 Å². The minimum absolute atomic E-state index is 0.0621. The molecule has 1 saturated heterocycles. The summed E-state index contributed by atoms with van der Waals surface area (Å²) in [6, 6.07) is 0. The van der Waals surface area contributed by atoms with E-state index in [1.807, 2.05) is 23.5 Å². The van der Waals surface area contributed by atoms with Crippen LogP contribution in [0.2, 0.25) is 0 Å². The lowest BCUT2D eigenvalue weighted by Crippen LogP contribution is -2.19. The van der Waals surface area contributed by atoms with E-state index >= 15 is 0 Å². The fourth-order valence-corrected chi connectivity index (χ4v) is 4.07. The average molecular weight is 234 g/mol. The van der Waals surface area contributed by atoms with E-state index in [9.17, 15) is 4.79 Å². The Morgan fingerprint density at radius 3 is 3.00 bits per heavy atom. The number of carbonyl (C=O) groups is 1. The number of rotatable bonds is 2. The van der Waals surface area contributed by atoms with Gasteiger partial charge in [0.2, 0.25) is 0 Å².